The van der Waals surface area contributed by atoms with Crippen molar-refractivity contribution >= 4 is 21.1 Å². The molecule has 0 saturated carbocycles. The van der Waals surface area contributed by atoms with Crippen molar-refractivity contribution in [2.45, 2.75) is 32.6 Å². The topological polar surface area (TPSA) is 64.4 Å². The summed E-state index contributed by atoms with van der Waals surface area (Å²) in [6, 6.07) is 7.73. The van der Waals surface area contributed by atoms with Crippen molar-refractivity contribution < 1.29 is 13.2 Å². The van der Waals surface area contributed by atoms with Crippen LogP contribution in [0.1, 0.15) is 13.8 Å². The predicted molar refractivity (Wildman–Crippen MR) is 85.1 cm³/mol. The molecule has 0 amide bonds. The van der Waals surface area contributed by atoms with E-state index in [-0.39, 0.29) is 18.0 Å². The SMILES string of the molecule is CC1CN(S(=O)(=O)CCn2cnc3ccccc32)CC(C)O1. The summed E-state index contributed by atoms with van der Waals surface area (Å²) in [5, 5.41) is 0. The van der Waals surface area contributed by atoms with Gasteiger partial charge in [0, 0.05) is 19.6 Å². The third-order valence-electron chi connectivity index (χ3n) is 3.90. The van der Waals surface area contributed by atoms with Crippen LogP contribution < -0.4 is 0 Å². The van der Waals surface area contributed by atoms with Gasteiger partial charge in [-0.25, -0.2) is 13.4 Å². The zero-order valence-corrected chi connectivity index (χ0v) is 13.7. The Labute approximate surface area is 130 Å². The molecule has 2 heterocycles. The van der Waals surface area contributed by atoms with Crippen LogP contribution in [0.5, 0.6) is 0 Å². The van der Waals surface area contributed by atoms with Crippen molar-refractivity contribution in [2.75, 3.05) is 18.8 Å². The summed E-state index contributed by atoms with van der Waals surface area (Å²) in [6.07, 6.45) is 1.57. The average molecular weight is 323 g/mol. The highest BCUT2D eigenvalue weighted by molar-refractivity contribution is 7.89. The van der Waals surface area contributed by atoms with E-state index >= 15 is 0 Å². The number of hydrogen-bond donors (Lipinski definition) is 0. The third-order valence-corrected chi connectivity index (χ3v) is 5.68. The second-order valence-electron chi connectivity index (χ2n) is 5.82. The Morgan fingerprint density at radius 1 is 1.23 bits per heavy atom. The van der Waals surface area contributed by atoms with Crippen LogP contribution in [-0.4, -0.2) is 53.3 Å². The number of aromatic nitrogens is 2. The molecule has 0 bridgehead atoms. The maximum Gasteiger partial charge on any atom is 0.216 e. The quantitative estimate of drug-likeness (QED) is 0.855. The van der Waals surface area contributed by atoms with Crippen LogP contribution >= 0.6 is 0 Å². The minimum atomic E-state index is -3.29. The zero-order valence-electron chi connectivity index (χ0n) is 12.8. The number of aryl methyl sites for hydroxylation is 1. The Kier molecular flexibility index (Phi) is 4.20. The molecule has 2 atom stereocenters. The van der Waals surface area contributed by atoms with Gasteiger partial charge < -0.3 is 9.30 Å². The number of nitrogens with zero attached hydrogens (tertiary/aromatic N) is 3. The Hall–Kier alpha value is -1.44. The van der Waals surface area contributed by atoms with Gasteiger partial charge in [0.1, 0.15) is 0 Å². The molecule has 0 aliphatic carbocycles. The second-order valence-corrected chi connectivity index (χ2v) is 7.91. The lowest BCUT2D eigenvalue weighted by atomic mass is 10.3. The highest BCUT2D eigenvalue weighted by Gasteiger charge is 2.30. The predicted octanol–water partition coefficient (Wildman–Crippen LogP) is 1.48. The minimum absolute atomic E-state index is 0.0624. The first kappa shape index (κ1) is 15.5. The molecule has 1 saturated heterocycles. The number of fused-ring (bicyclic) bond motifs is 1. The molecular weight excluding hydrogens is 302 g/mol. The largest absolute Gasteiger partial charge is 0.373 e. The van der Waals surface area contributed by atoms with Gasteiger partial charge in [-0.15, -0.1) is 0 Å². The van der Waals surface area contributed by atoms with E-state index in [1.165, 1.54) is 0 Å². The minimum Gasteiger partial charge on any atom is -0.373 e. The Morgan fingerprint density at radius 2 is 1.91 bits per heavy atom. The summed E-state index contributed by atoms with van der Waals surface area (Å²) in [5.41, 5.74) is 1.84. The fraction of sp³-hybridized carbons (Fsp3) is 0.533. The van der Waals surface area contributed by atoms with Crippen LogP contribution in [0.25, 0.3) is 11.0 Å². The molecule has 1 fully saturated rings. The molecular formula is C15H21N3O3S. The number of morpholine rings is 1. The van der Waals surface area contributed by atoms with Crippen molar-refractivity contribution in [1.29, 1.82) is 0 Å². The number of hydrogen-bond acceptors (Lipinski definition) is 4. The van der Waals surface area contributed by atoms with Crippen LogP contribution in [-0.2, 0) is 21.3 Å². The van der Waals surface area contributed by atoms with Gasteiger partial charge in [-0.1, -0.05) is 12.1 Å². The van der Waals surface area contributed by atoms with Crippen LogP contribution in [0, 0.1) is 0 Å². The maximum absolute atomic E-state index is 12.5. The van der Waals surface area contributed by atoms with Crippen molar-refractivity contribution in [3.8, 4) is 0 Å². The molecule has 2 aromatic rings. The molecule has 1 aliphatic heterocycles. The molecule has 1 aliphatic rings. The summed E-state index contributed by atoms with van der Waals surface area (Å²) in [6.45, 7) is 5.07. The lowest BCUT2D eigenvalue weighted by Crippen LogP contribution is -2.49. The van der Waals surface area contributed by atoms with Crippen molar-refractivity contribution in [2.24, 2.45) is 0 Å². The van der Waals surface area contributed by atoms with Gasteiger partial charge in [0.25, 0.3) is 0 Å². The van der Waals surface area contributed by atoms with E-state index in [0.717, 1.165) is 11.0 Å². The van der Waals surface area contributed by atoms with Crippen LogP contribution in [0.2, 0.25) is 0 Å². The van der Waals surface area contributed by atoms with E-state index < -0.39 is 10.0 Å². The van der Waals surface area contributed by atoms with E-state index in [0.29, 0.717) is 19.6 Å². The van der Waals surface area contributed by atoms with Crippen molar-refractivity contribution in [3.63, 3.8) is 0 Å². The fourth-order valence-corrected chi connectivity index (χ4v) is 4.45. The van der Waals surface area contributed by atoms with Crippen LogP contribution in [0.3, 0.4) is 0 Å². The molecule has 7 heteroatoms. The summed E-state index contributed by atoms with van der Waals surface area (Å²) < 4.78 is 34.1. The van der Waals surface area contributed by atoms with Gasteiger partial charge in [-0.05, 0) is 26.0 Å². The number of benzene rings is 1. The number of para-hydroxylation sites is 2. The monoisotopic (exact) mass is 323 g/mol. The Bertz CT molecular complexity index is 746. The smallest absolute Gasteiger partial charge is 0.216 e. The molecule has 0 N–H and O–H groups in total. The normalized spacial score (nSPS) is 23.9. The summed E-state index contributed by atoms with van der Waals surface area (Å²) in [7, 11) is -3.29. The Morgan fingerprint density at radius 3 is 2.64 bits per heavy atom. The highest BCUT2D eigenvalue weighted by Crippen LogP contribution is 2.16. The second kappa shape index (κ2) is 5.98. The molecule has 6 nitrogen and oxygen atoms in total. The van der Waals surface area contributed by atoms with E-state index in [4.69, 9.17) is 4.74 Å². The lowest BCUT2D eigenvalue weighted by Gasteiger charge is -2.34. The van der Waals surface area contributed by atoms with Gasteiger partial charge >= 0.3 is 0 Å². The molecule has 22 heavy (non-hydrogen) atoms. The molecule has 1 aromatic heterocycles. The van der Waals surface area contributed by atoms with Gasteiger partial charge in [-0.2, -0.15) is 4.31 Å². The average Bonchev–Trinajstić information content (AvgIpc) is 2.87. The Balaban J connectivity index is 1.72. The number of rotatable bonds is 4. The first-order valence-corrected chi connectivity index (χ1v) is 9.10. The highest BCUT2D eigenvalue weighted by atomic mass is 32.2. The molecule has 2 unspecified atom stereocenters. The first-order valence-electron chi connectivity index (χ1n) is 7.49. The summed E-state index contributed by atoms with van der Waals surface area (Å²) >= 11 is 0. The summed E-state index contributed by atoms with van der Waals surface area (Å²) in [5.74, 6) is 0.0762. The molecule has 1 aromatic carbocycles. The van der Waals surface area contributed by atoms with E-state index in [1.807, 2.05) is 42.7 Å². The van der Waals surface area contributed by atoms with E-state index in [1.54, 1.807) is 10.6 Å². The van der Waals surface area contributed by atoms with Gasteiger partial charge in [0.15, 0.2) is 0 Å². The zero-order chi connectivity index (χ0) is 15.7. The molecule has 3 rings (SSSR count). The van der Waals surface area contributed by atoms with Gasteiger partial charge in [-0.3, -0.25) is 0 Å². The van der Waals surface area contributed by atoms with Gasteiger partial charge in [0.05, 0.1) is 35.3 Å². The third kappa shape index (κ3) is 3.16. The lowest BCUT2D eigenvalue weighted by molar-refractivity contribution is -0.0440. The van der Waals surface area contributed by atoms with Crippen LogP contribution in [0.15, 0.2) is 30.6 Å². The summed E-state index contributed by atoms with van der Waals surface area (Å²) in [4.78, 5) is 4.29. The first-order chi connectivity index (χ1) is 10.5. The van der Waals surface area contributed by atoms with Crippen LogP contribution in [0.4, 0.5) is 0 Å². The molecule has 0 radical (unpaired) electrons. The maximum atomic E-state index is 12.5. The van der Waals surface area contributed by atoms with Crippen molar-refractivity contribution in [3.05, 3.63) is 30.6 Å². The number of sulfonamides is 1. The standard InChI is InChI=1S/C15H21N3O3S/c1-12-9-18(10-13(2)21-12)22(19,20)8-7-17-11-16-14-5-3-4-6-15(14)17/h3-6,11-13H,7-10H2,1-2H3. The van der Waals surface area contributed by atoms with E-state index in [9.17, 15) is 8.42 Å². The molecule has 120 valence electrons. The van der Waals surface area contributed by atoms with Crippen molar-refractivity contribution in [1.82, 2.24) is 13.9 Å². The fourth-order valence-electron chi connectivity index (χ4n) is 2.89. The molecule has 0 spiro atoms. The number of ether oxygens (including phenoxy) is 1. The number of imidazole rings is 1. The van der Waals surface area contributed by atoms with Gasteiger partial charge in [0.2, 0.25) is 10.0 Å². The van der Waals surface area contributed by atoms with E-state index in [2.05, 4.69) is 4.98 Å².